The highest BCUT2D eigenvalue weighted by Crippen LogP contribution is 2.29. The predicted molar refractivity (Wildman–Crippen MR) is 104 cm³/mol. The van der Waals surface area contributed by atoms with E-state index in [-0.39, 0.29) is 29.3 Å². The van der Waals surface area contributed by atoms with Crippen molar-refractivity contribution in [1.29, 1.82) is 5.26 Å². The van der Waals surface area contributed by atoms with Gasteiger partial charge in [-0.05, 0) is 25.5 Å². The summed E-state index contributed by atoms with van der Waals surface area (Å²) < 4.78 is 1.57. The second-order valence-electron chi connectivity index (χ2n) is 6.52. The van der Waals surface area contributed by atoms with Crippen LogP contribution in [0.3, 0.4) is 0 Å². The predicted octanol–water partition coefficient (Wildman–Crippen LogP) is 2.43. The van der Waals surface area contributed by atoms with E-state index in [0.29, 0.717) is 38.2 Å². The van der Waals surface area contributed by atoms with Crippen molar-refractivity contribution < 1.29 is 9.59 Å². The molecule has 0 spiro atoms. The first-order valence-electron chi connectivity index (χ1n) is 9.16. The molecule has 0 aromatic carbocycles. The van der Waals surface area contributed by atoms with Gasteiger partial charge in [0.25, 0.3) is 0 Å². The average Bonchev–Trinajstić information content (AvgIpc) is 3.25. The molecule has 28 heavy (non-hydrogen) atoms. The largest absolute Gasteiger partial charge is 0.341 e. The molecule has 1 fully saturated rings. The molecule has 9 heteroatoms. The van der Waals surface area contributed by atoms with E-state index in [1.807, 2.05) is 19.1 Å². The molecule has 1 aliphatic heterocycles. The van der Waals surface area contributed by atoms with Crippen molar-refractivity contribution >= 4 is 29.1 Å². The van der Waals surface area contributed by atoms with Gasteiger partial charge in [0.2, 0.25) is 11.8 Å². The number of hydrogen-bond acceptors (Lipinski definition) is 5. The lowest BCUT2D eigenvalue weighted by atomic mass is 10.0. The molecule has 0 saturated carbocycles. The number of rotatable bonds is 7. The maximum atomic E-state index is 12.9. The van der Waals surface area contributed by atoms with Crippen LogP contribution in [0.1, 0.15) is 26.2 Å². The molecule has 8 nitrogen and oxygen atoms in total. The maximum Gasteiger partial charge on any atom is 0.227 e. The smallest absolute Gasteiger partial charge is 0.227 e. The van der Waals surface area contributed by atoms with Gasteiger partial charge in [-0.1, -0.05) is 11.6 Å². The highest BCUT2D eigenvalue weighted by Gasteiger charge is 2.34. The fraction of sp³-hybridized carbons (Fsp3) is 0.421. The highest BCUT2D eigenvalue weighted by atomic mass is 35.5. The molecule has 0 N–H and O–H groups in total. The molecule has 3 rings (SSSR count). The number of halogens is 1. The van der Waals surface area contributed by atoms with Crippen LogP contribution in [-0.4, -0.2) is 51.1 Å². The molecule has 0 radical (unpaired) electrons. The molecule has 2 aromatic heterocycles. The highest BCUT2D eigenvalue weighted by molar-refractivity contribution is 6.32. The fourth-order valence-electron chi connectivity index (χ4n) is 3.35. The Labute approximate surface area is 168 Å². The van der Waals surface area contributed by atoms with Crippen molar-refractivity contribution in [3.63, 3.8) is 0 Å². The lowest BCUT2D eigenvalue weighted by molar-refractivity contribution is -0.133. The van der Waals surface area contributed by atoms with Crippen molar-refractivity contribution in [2.24, 2.45) is 5.92 Å². The van der Waals surface area contributed by atoms with E-state index >= 15 is 0 Å². The summed E-state index contributed by atoms with van der Waals surface area (Å²) in [5, 5.41) is 13.2. The normalized spacial score (nSPS) is 16.2. The van der Waals surface area contributed by atoms with Crippen molar-refractivity contribution in [1.82, 2.24) is 19.7 Å². The van der Waals surface area contributed by atoms with Crippen molar-refractivity contribution in [2.75, 3.05) is 24.5 Å². The van der Waals surface area contributed by atoms with Crippen LogP contribution in [0.15, 0.2) is 30.7 Å². The van der Waals surface area contributed by atoms with Crippen LogP contribution in [-0.2, 0) is 9.59 Å². The fourth-order valence-corrected chi connectivity index (χ4v) is 3.58. The van der Waals surface area contributed by atoms with E-state index in [0.717, 1.165) is 5.69 Å². The number of anilines is 1. The van der Waals surface area contributed by atoms with Crippen LogP contribution in [0.25, 0.3) is 5.69 Å². The molecular formula is C19H21ClN6O2. The summed E-state index contributed by atoms with van der Waals surface area (Å²) in [5.74, 6) is -0.584. The van der Waals surface area contributed by atoms with Crippen molar-refractivity contribution in [3.05, 3.63) is 35.9 Å². The SMILES string of the molecule is CCN(C(=O)CC1CCN(CCC#N)C1=O)c1cn(-c2cccnc2)nc1Cl. The summed E-state index contributed by atoms with van der Waals surface area (Å²) in [6.07, 6.45) is 6.04. The summed E-state index contributed by atoms with van der Waals surface area (Å²) in [7, 11) is 0. The number of carbonyl (C=O) groups excluding carboxylic acids is 2. The van der Waals surface area contributed by atoms with Gasteiger partial charge in [-0.15, -0.1) is 0 Å². The molecule has 2 aromatic rings. The van der Waals surface area contributed by atoms with Gasteiger partial charge in [0.1, 0.15) is 5.69 Å². The number of carbonyl (C=O) groups is 2. The molecule has 2 amide bonds. The van der Waals surface area contributed by atoms with Gasteiger partial charge in [-0.25, -0.2) is 4.68 Å². The van der Waals surface area contributed by atoms with E-state index in [4.69, 9.17) is 16.9 Å². The molecule has 1 aliphatic rings. The zero-order chi connectivity index (χ0) is 20.1. The van der Waals surface area contributed by atoms with E-state index < -0.39 is 0 Å². The maximum absolute atomic E-state index is 12.9. The molecular weight excluding hydrogens is 380 g/mol. The Morgan fingerprint density at radius 3 is 3.00 bits per heavy atom. The van der Waals surface area contributed by atoms with Gasteiger partial charge in [-0.2, -0.15) is 10.4 Å². The zero-order valence-electron chi connectivity index (χ0n) is 15.6. The summed E-state index contributed by atoms with van der Waals surface area (Å²) in [4.78, 5) is 32.6. The summed E-state index contributed by atoms with van der Waals surface area (Å²) in [6, 6.07) is 5.67. The third-order valence-electron chi connectivity index (χ3n) is 4.79. The average molecular weight is 401 g/mol. The minimum Gasteiger partial charge on any atom is -0.341 e. The third kappa shape index (κ3) is 4.15. The number of hydrogen-bond donors (Lipinski definition) is 0. The van der Waals surface area contributed by atoms with E-state index in [2.05, 4.69) is 10.1 Å². The second-order valence-corrected chi connectivity index (χ2v) is 6.88. The lowest BCUT2D eigenvalue weighted by Gasteiger charge is -2.21. The number of nitrogens with zero attached hydrogens (tertiary/aromatic N) is 6. The standard InChI is InChI=1S/C19H21ClN6O2/c1-2-25(16-13-26(23-18(16)20)15-5-3-8-22-12-15)17(27)11-14-6-10-24(19(14)28)9-4-7-21/h3,5,8,12-14H,2,4,6,9-11H2,1H3. The Bertz CT molecular complexity index is 892. The first-order valence-corrected chi connectivity index (χ1v) is 9.54. The Balaban J connectivity index is 1.72. The molecule has 1 unspecified atom stereocenters. The van der Waals surface area contributed by atoms with Crippen LogP contribution < -0.4 is 4.90 Å². The minimum absolute atomic E-state index is 0.0585. The van der Waals surface area contributed by atoms with Crippen LogP contribution >= 0.6 is 11.6 Å². The van der Waals surface area contributed by atoms with Gasteiger partial charge >= 0.3 is 0 Å². The minimum atomic E-state index is -0.354. The van der Waals surface area contributed by atoms with Gasteiger partial charge in [0.05, 0.1) is 30.6 Å². The summed E-state index contributed by atoms with van der Waals surface area (Å²) >= 11 is 6.29. The van der Waals surface area contributed by atoms with Gasteiger partial charge in [0, 0.05) is 38.2 Å². The van der Waals surface area contributed by atoms with Crippen molar-refractivity contribution in [3.8, 4) is 11.8 Å². The molecule has 3 heterocycles. The number of nitriles is 1. The summed E-state index contributed by atoms with van der Waals surface area (Å²) in [5.41, 5.74) is 1.24. The Kier molecular flexibility index (Phi) is 6.26. The second kappa shape index (κ2) is 8.85. The number of likely N-dealkylation sites (tertiary alicyclic amines) is 1. The van der Waals surface area contributed by atoms with Crippen molar-refractivity contribution in [2.45, 2.75) is 26.2 Å². The van der Waals surface area contributed by atoms with Gasteiger partial charge in [0.15, 0.2) is 5.15 Å². The van der Waals surface area contributed by atoms with E-state index in [9.17, 15) is 9.59 Å². The monoisotopic (exact) mass is 400 g/mol. The topological polar surface area (TPSA) is 95.1 Å². The Morgan fingerprint density at radius 1 is 1.50 bits per heavy atom. The van der Waals surface area contributed by atoms with Gasteiger partial charge < -0.3 is 9.80 Å². The quantitative estimate of drug-likeness (QED) is 0.711. The van der Waals surface area contributed by atoms with E-state index in [1.54, 1.807) is 39.1 Å². The molecule has 0 aliphatic carbocycles. The lowest BCUT2D eigenvalue weighted by Crippen LogP contribution is -2.34. The van der Waals surface area contributed by atoms with Crippen LogP contribution in [0.2, 0.25) is 5.15 Å². The third-order valence-corrected chi connectivity index (χ3v) is 5.06. The molecule has 146 valence electrons. The van der Waals surface area contributed by atoms with E-state index in [1.165, 1.54) is 0 Å². The number of aromatic nitrogens is 3. The Morgan fingerprint density at radius 2 is 2.32 bits per heavy atom. The number of amides is 2. The molecule has 0 bridgehead atoms. The van der Waals surface area contributed by atoms with Crippen LogP contribution in [0.5, 0.6) is 0 Å². The first-order chi connectivity index (χ1) is 13.5. The Hall–Kier alpha value is -2.92. The zero-order valence-corrected chi connectivity index (χ0v) is 16.3. The molecule has 1 saturated heterocycles. The summed E-state index contributed by atoms with van der Waals surface area (Å²) in [6.45, 7) is 3.27. The molecule has 1 atom stereocenters. The first kappa shape index (κ1) is 19.8. The van der Waals surface area contributed by atoms with Gasteiger partial charge in [-0.3, -0.25) is 14.6 Å². The number of pyridine rings is 1. The van der Waals surface area contributed by atoms with Crippen LogP contribution in [0, 0.1) is 17.2 Å². The van der Waals surface area contributed by atoms with Crippen LogP contribution in [0.4, 0.5) is 5.69 Å².